The van der Waals surface area contributed by atoms with Crippen molar-refractivity contribution in [2.45, 2.75) is 37.9 Å². The van der Waals surface area contributed by atoms with Crippen LogP contribution in [0.3, 0.4) is 0 Å². The summed E-state index contributed by atoms with van der Waals surface area (Å²) in [4.78, 5) is 0. The first-order valence-electron chi connectivity index (χ1n) is 4.40. The minimum atomic E-state index is -0.457. The molecule has 68 valence electrons. The van der Waals surface area contributed by atoms with Crippen molar-refractivity contribution >= 4 is 0 Å². The number of hydrogen-bond donors (Lipinski definition) is 0. The van der Waals surface area contributed by atoms with Gasteiger partial charge in [-0.2, -0.15) is 0 Å². The molecule has 1 aliphatic rings. The summed E-state index contributed by atoms with van der Waals surface area (Å²) in [5.74, 6) is -0.457. The van der Waals surface area contributed by atoms with Crippen molar-refractivity contribution in [3.63, 3.8) is 0 Å². The van der Waals surface area contributed by atoms with E-state index < -0.39 is 5.79 Å². The van der Waals surface area contributed by atoms with Gasteiger partial charge < -0.3 is 9.47 Å². The van der Waals surface area contributed by atoms with Gasteiger partial charge in [0.05, 0.1) is 12.5 Å². The van der Waals surface area contributed by atoms with Gasteiger partial charge in [0.2, 0.25) is 5.79 Å². The van der Waals surface area contributed by atoms with Crippen LogP contribution in [0.5, 0.6) is 0 Å². The molecule has 2 nitrogen and oxygen atoms in total. The zero-order valence-corrected chi connectivity index (χ0v) is 7.42. The van der Waals surface area contributed by atoms with Gasteiger partial charge >= 0.3 is 0 Å². The molecular formula is C10H16O2. The minimum absolute atomic E-state index is 0.457. The Bertz CT molecular complexity index is 145. The summed E-state index contributed by atoms with van der Waals surface area (Å²) < 4.78 is 10.8. The summed E-state index contributed by atoms with van der Waals surface area (Å²) in [5, 5.41) is 0. The Kier molecular flexibility index (Phi) is 3.20. The third kappa shape index (κ3) is 2.03. The molecule has 0 spiro atoms. The second kappa shape index (κ2) is 4.19. The Labute approximate surface area is 73.9 Å². The van der Waals surface area contributed by atoms with Gasteiger partial charge in [0.25, 0.3) is 0 Å². The summed E-state index contributed by atoms with van der Waals surface area (Å²) in [7, 11) is 0. The highest BCUT2D eigenvalue weighted by Gasteiger charge is 2.33. The molecule has 0 radical (unpaired) electrons. The third-order valence-electron chi connectivity index (χ3n) is 2.21. The van der Waals surface area contributed by atoms with Crippen LogP contribution < -0.4 is 0 Å². The van der Waals surface area contributed by atoms with E-state index in [1.807, 2.05) is 0 Å². The van der Waals surface area contributed by atoms with Gasteiger partial charge in [-0.05, 0) is 12.8 Å². The molecule has 0 aromatic heterocycles. The van der Waals surface area contributed by atoms with Gasteiger partial charge in [-0.3, -0.25) is 0 Å². The Balaban J connectivity index is 2.55. The van der Waals surface area contributed by atoms with Crippen LogP contribution in [0.4, 0.5) is 0 Å². The molecule has 0 heterocycles. The van der Waals surface area contributed by atoms with Crippen LogP contribution in [-0.4, -0.2) is 5.79 Å². The maximum absolute atomic E-state index is 5.38. The predicted octanol–water partition coefficient (Wildman–Crippen LogP) is 2.97. The molecule has 1 fully saturated rings. The molecule has 0 aromatic carbocycles. The lowest BCUT2D eigenvalue weighted by molar-refractivity contribution is -0.190. The fourth-order valence-electron chi connectivity index (χ4n) is 1.66. The highest BCUT2D eigenvalue weighted by Crippen LogP contribution is 2.32. The number of rotatable bonds is 4. The molecule has 0 aromatic rings. The van der Waals surface area contributed by atoms with Crippen LogP contribution in [0.2, 0.25) is 0 Å². The third-order valence-corrected chi connectivity index (χ3v) is 2.21. The Morgan fingerprint density at radius 1 is 0.917 bits per heavy atom. The van der Waals surface area contributed by atoms with Crippen molar-refractivity contribution in [2.75, 3.05) is 0 Å². The molecule has 12 heavy (non-hydrogen) atoms. The molecule has 0 saturated heterocycles. The zero-order valence-electron chi connectivity index (χ0n) is 7.42. The Morgan fingerprint density at radius 3 is 1.83 bits per heavy atom. The molecule has 0 aliphatic heterocycles. The molecule has 1 rings (SSSR count). The summed E-state index contributed by atoms with van der Waals surface area (Å²) in [5.41, 5.74) is 0. The van der Waals surface area contributed by atoms with Crippen LogP contribution in [0.1, 0.15) is 32.1 Å². The molecule has 1 saturated carbocycles. The zero-order chi connectivity index (χ0) is 8.86. The lowest BCUT2D eigenvalue weighted by Gasteiger charge is -2.34. The topological polar surface area (TPSA) is 18.5 Å². The smallest absolute Gasteiger partial charge is 0.249 e. The molecule has 0 atom stereocenters. The highest BCUT2D eigenvalue weighted by molar-refractivity contribution is 4.79. The first kappa shape index (κ1) is 9.17. The van der Waals surface area contributed by atoms with Crippen LogP contribution in [-0.2, 0) is 9.47 Å². The van der Waals surface area contributed by atoms with Crippen LogP contribution in [0.15, 0.2) is 25.7 Å². The van der Waals surface area contributed by atoms with Crippen molar-refractivity contribution in [1.82, 2.24) is 0 Å². The average molecular weight is 168 g/mol. The van der Waals surface area contributed by atoms with E-state index in [9.17, 15) is 0 Å². The summed E-state index contributed by atoms with van der Waals surface area (Å²) >= 11 is 0. The van der Waals surface area contributed by atoms with E-state index in [4.69, 9.17) is 9.47 Å². The van der Waals surface area contributed by atoms with E-state index in [-0.39, 0.29) is 0 Å². The van der Waals surface area contributed by atoms with E-state index in [0.717, 1.165) is 25.7 Å². The van der Waals surface area contributed by atoms with Gasteiger partial charge in [-0.1, -0.05) is 19.6 Å². The second-order valence-electron chi connectivity index (χ2n) is 3.04. The van der Waals surface area contributed by atoms with Crippen molar-refractivity contribution < 1.29 is 9.47 Å². The van der Waals surface area contributed by atoms with Crippen molar-refractivity contribution in [2.24, 2.45) is 0 Å². The van der Waals surface area contributed by atoms with Crippen molar-refractivity contribution in [3.05, 3.63) is 25.7 Å². The maximum atomic E-state index is 5.38. The lowest BCUT2D eigenvalue weighted by atomic mass is 9.94. The quantitative estimate of drug-likeness (QED) is 0.474. The lowest BCUT2D eigenvalue weighted by Crippen LogP contribution is -2.34. The molecule has 0 unspecified atom stereocenters. The van der Waals surface area contributed by atoms with Crippen molar-refractivity contribution in [1.29, 1.82) is 0 Å². The molecule has 0 bridgehead atoms. The van der Waals surface area contributed by atoms with Crippen LogP contribution in [0, 0.1) is 0 Å². The Hall–Kier alpha value is -0.920. The minimum Gasteiger partial charge on any atom is -0.461 e. The monoisotopic (exact) mass is 168 g/mol. The van der Waals surface area contributed by atoms with E-state index in [1.54, 1.807) is 0 Å². The van der Waals surface area contributed by atoms with E-state index >= 15 is 0 Å². The summed E-state index contributed by atoms with van der Waals surface area (Å²) in [6.45, 7) is 7.09. The molecule has 2 heteroatoms. The fourth-order valence-corrected chi connectivity index (χ4v) is 1.66. The van der Waals surface area contributed by atoms with E-state index in [0.29, 0.717) is 0 Å². The van der Waals surface area contributed by atoms with Gasteiger partial charge in [-0.15, -0.1) is 0 Å². The molecule has 0 N–H and O–H groups in total. The molecule has 0 amide bonds. The summed E-state index contributed by atoms with van der Waals surface area (Å²) in [6.07, 6.45) is 8.35. The van der Waals surface area contributed by atoms with E-state index in [2.05, 4.69) is 13.2 Å². The predicted molar refractivity (Wildman–Crippen MR) is 48.4 cm³/mol. The number of ether oxygens (including phenoxy) is 2. The summed E-state index contributed by atoms with van der Waals surface area (Å²) in [6, 6.07) is 0. The highest BCUT2D eigenvalue weighted by atomic mass is 16.7. The fraction of sp³-hybridized carbons (Fsp3) is 0.600. The van der Waals surface area contributed by atoms with E-state index in [1.165, 1.54) is 18.9 Å². The van der Waals surface area contributed by atoms with Crippen LogP contribution >= 0.6 is 0 Å². The normalized spacial score (nSPS) is 21.0. The first-order chi connectivity index (χ1) is 5.83. The van der Waals surface area contributed by atoms with Crippen molar-refractivity contribution in [3.8, 4) is 0 Å². The van der Waals surface area contributed by atoms with Gasteiger partial charge in [0, 0.05) is 12.8 Å². The van der Waals surface area contributed by atoms with Gasteiger partial charge in [0.15, 0.2) is 0 Å². The number of hydrogen-bond acceptors (Lipinski definition) is 2. The molecule has 1 aliphatic carbocycles. The van der Waals surface area contributed by atoms with Gasteiger partial charge in [0.1, 0.15) is 0 Å². The van der Waals surface area contributed by atoms with Gasteiger partial charge in [-0.25, -0.2) is 0 Å². The second-order valence-corrected chi connectivity index (χ2v) is 3.04. The maximum Gasteiger partial charge on any atom is 0.249 e. The average Bonchev–Trinajstić information content (AvgIpc) is 2.07. The molecular weight excluding hydrogens is 152 g/mol. The Morgan fingerprint density at radius 2 is 1.42 bits per heavy atom. The van der Waals surface area contributed by atoms with Crippen LogP contribution in [0.25, 0.3) is 0 Å². The standard InChI is InChI=1S/C10H16O2/c1-3-11-10(12-4-2)8-6-5-7-9-10/h3-4H,1-2,5-9H2. The largest absolute Gasteiger partial charge is 0.461 e. The first-order valence-corrected chi connectivity index (χ1v) is 4.40. The SMILES string of the molecule is C=COC1(OC=C)CCCCC1.